The van der Waals surface area contributed by atoms with Gasteiger partial charge in [-0.15, -0.1) is 0 Å². The van der Waals surface area contributed by atoms with Gasteiger partial charge in [0.2, 0.25) is 0 Å². The Morgan fingerprint density at radius 2 is 1.55 bits per heavy atom. The number of fused-ring (bicyclic) bond motifs is 3. The molecule has 0 spiro atoms. The van der Waals surface area contributed by atoms with Gasteiger partial charge in [-0.2, -0.15) is 0 Å². The topological polar surface area (TPSA) is 17.8 Å². The largest absolute Gasteiger partial charge is 0.342 e. The second kappa shape index (κ2) is 4.20. The average Bonchev–Trinajstić information content (AvgIpc) is 2.81. The summed E-state index contributed by atoms with van der Waals surface area (Å²) < 4.78 is 2.20. The Labute approximate surface area is 117 Å². The van der Waals surface area contributed by atoms with Crippen LogP contribution in [0.1, 0.15) is 0 Å². The second-order valence-electron chi connectivity index (χ2n) is 5.03. The fourth-order valence-corrected chi connectivity index (χ4v) is 2.82. The number of benzene rings is 2. The zero-order valence-corrected chi connectivity index (χ0v) is 11.2. The minimum atomic E-state index is 1.02. The van der Waals surface area contributed by atoms with E-state index in [-0.39, 0.29) is 0 Å². The van der Waals surface area contributed by atoms with Gasteiger partial charge >= 0.3 is 0 Å². The van der Waals surface area contributed by atoms with E-state index in [2.05, 4.69) is 59.1 Å². The Balaban J connectivity index is 2.07. The molecule has 20 heavy (non-hydrogen) atoms. The van der Waals surface area contributed by atoms with Crippen LogP contribution in [-0.4, -0.2) is 9.55 Å². The molecule has 0 aliphatic rings. The Hall–Kier alpha value is -2.61. The van der Waals surface area contributed by atoms with Crippen molar-refractivity contribution in [2.45, 2.75) is 0 Å². The SMILES string of the molecule is Cn1c2ccccc2c2cc(-c3ccccc3)ncc21. The van der Waals surface area contributed by atoms with Gasteiger partial charge in [0.1, 0.15) is 0 Å². The van der Waals surface area contributed by atoms with E-state index in [4.69, 9.17) is 0 Å². The summed E-state index contributed by atoms with van der Waals surface area (Å²) in [7, 11) is 2.09. The number of aryl methyl sites for hydroxylation is 1. The summed E-state index contributed by atoms with van der Waals surface area (Å²) in [5.41, 5.74) is 4.59. The summed E-state index contributed by atoms with van der Waals surface area (Å²) in [5.74, 6) is 0. The van der Waals surface area contributed by atoms with Crippen LogP contribution in [0.5, 0.6) is 0 Å². The number of nitrogens with zero attached hydrogens (tertiary/aromatic N) is 2. The normalized spacial score (nSPS) is 11.2. The van der Waals surface area contributed by atoms with E-state index in [0.29, 0.717) is 0 Å². The molecule has 0 fully saturated rings. The minimum absolute atomic E-state index is 1.02. The van der Waals surface area contributed by atoms with E-state index in [9.17, 15) is 0 Å². The fraction of sp³-hybridized carbons (Fsp3) is 0.0556. The molecule has 2 heteroatoms. The molecular formula is C18H14N2. The van der Waals surface area contributed by atoms with Crippen molar-refractivity contribution in [3.05, 3.63) is 66.9 Å². The van der Waals surface area contributed by atoms with Crippen LogP contribution >= 0.6 is 0 Å². The van der Waals surface area contributed by atoms with Crippen molar-refractivity contribution in [2.75, 3.05) is 0 Å². The predicted octanol–water partition coefficient (Wildman–Crippen LogP) is 4.39. The quantitative estimate of drug-likeness (QED) is 0.495. The molecule has 96 valence electrons. The number of hydrogen-bond acceptors (Lipinski definition) is 1. The Morgan fingerprint density at radius 3 is 2.40 bits per heavy atom. The van der Waals surface area contributed by atoms with Crippen LogP contribution in [0.3, 0.4) is 0 Å². The van der Waals surface area contributed by atoms with Crippen molar-refractivity contribution in [3.8, 4) is 11.3 Å². The molecule has 4 aromatic rings. The summed E-state index contributed by atoms with van der Waals surface area (Å²) in [4.78, 5) is 4.61. The smallest absolute Gasteiger partial charge is 0.0709 e. The van der Waals surface area contributed by atoms with Gasteiger partial charge in [-0.1, -0.05) is 48.5 Å². The van der Waals surface area contributed by atoms with Crippen LogP contribution in [0.2, 0.25) is 0 Å². The van der Waals surface area contributed by atoms with Crippen molar-refractivity contribution >= 4 is 21.8 Å². The lowest BCUT2D eigenvalue weighted by Gasteiger charge is -2.01. The standard InChI is InChI=1S/C18H14N2/c1-20-17-10-6-5-9-14(17)15-11-16(19-12-18(15)20)13-7-3-2-4-8-13/h2-12H,1H3. The summed E-state index contributed by atoms with van der Waals surface area (Å²) in [6.07, 6.45) is 1.97. The molecule has 0 saturated carbocycles. The number of hydrogen-bond donors (Lipinski definition) is 0. The lowest BCUT2D eigenvalue weighted by molar-refractivity contribution is 1.01. The Kier molecular flexibility index (Phi) is 2.36. The molecule has 2 aromatic carbocycles. The highest BCUT2D eigenvalue weighted by Crippen LogP contribution is 2.30. The third-order valence-electron chi connectivity index (χ3n) is 3.87. The highest BCUT2D eigenvalue weighted by atomic mass is 14.9. The van der Waals surface area contributed by atoms with Crippen LogP contribution in [0.25, 0.3) is 33.1 Å². The van der Waals surface area contributed by atoms with Gasteiger partial charge in [0.05, 0.1) is 17.4 Å². The van der Waals surface area contributed by atoms with Crippen molar-refractivity contribution in [1.82, 2.24) is 9.55 Å². The number of aromatic nitrogens is 2. The second-order valence-corrected chi connectivity index (χ2v) is 5.03. The molecule has 0 N–H and O–H groups in total. The molecule has 0 aliphatic heterocycles. The summed E-state index contributed by atoms with van der Waals surface area (Å²) in [5, 5.41) is 2.54. The zero-order chi connectivity index (χ0) is 13.5. The van der Waals surface area contributed by atoms with Crippen LogP contribution in [-0.2, 0) is 7.05 Å². The summed E-state index contributed by atoms with van der Waals surface area (Å²) in [6, 6.07) is 21.0. The molecule has 2 nitrogen and oxygen atoms in total. The van der Waals surface area contributed by atoms with E-state index in [1.54, 1.807) is 0 Å². The van der Waals surface area contributed by atoms with Crippen molar-refractivity contribution < 1.29 is 0 Å². The average molecular weight is 258 g/mol. The maximum absolute atomic E-state index is 4.61. The molecular weight excluding hydrogens is 244 g/mol. The molecule has 0 unspecified atom stereocenters. The van der Waals surface area contributed by atoms with E-state index in [0.717, 1.165) is 11.3 Å². The van der Waals surface area contributed by atoms with E-state index in [1.807, 2.05) is 24.4 Å². The van der Waals surface area contributed by atoms with Crippen LogP contribution < -0.4 is 0 Å². The first-order valence-corrected chi connectivity index (χ1v) is 6.73. The molecule has 0 aliphatic carbocycles. The highest BCUT2D eigenvalue weighted by Gasteiger charge is 2.09. The first-order valence-electron chi connectivity index (χ1n) is 6.73. The predicted molar refractivity (Wildman–Crippen MR) is 83.7 cm³/mol. The Bertz CT molecular complexity index is 905. The van der Waals surface area contributed by atoms with Gasteiger partial charge in [-0.05, 0) is 12.1 Å². The van der Waals surface area contributed by atoms with Gasteiger partial charge in [-0.3, -0.25) is 4.98 Å². The third kappa shape index (κ3) is 1.55. The monoisotopic (exact) mass is 258 g/mol. The molecule has 2 heterocycles. The number of rotatable bonds is 1. The van der Waals surface area contributed by atoms with Crippen molar-refractivity contribution in [3.63, 3.8) is 0 Å². The summed E-state index contributed by atoms with van der Waals surface area (Å²) >= 11 is 0. The maximum atomic E-state index is 4.61. The van der Waals surface area contributed by atoms with Crippen LogP contribution in [0.15, 0.2) is 66.9 Å². The van der Waals surface area contributed by atoms with Gasteiger partial charge in [0, 0.05) is 28.9 Å². The highest BCUT2D eigenvalue weighted by molar-refractivity contribution is 6.08. The first-order chi connectivity index (χ1) is 9.84. The van der Waals surface area contributed by atoms with Gasteiger partial charge < -0.3 is 4.57 Å². The van der Waals surface area contributed by atoms with Gasteiger partial charge in [0.15, 0.2) is 0 Å². The van der Waals surface area contributed by atoms with Gasteiger partial charge in [-0.25, -0.2) is 0 Å². The molecule has 0 saturated heterocycles. The lowest BCUT2D eigenvalue weighted by atomic mass is 10.1. The molecule has 0 radical (unpaired) electrons. The number of para-hydroxylation sites is 1. The van der Waals surface area contributed by atoms with Crippen molar-refractivity contribution in [1.29, 1.82) is 0 Å². The first kappa shape index (κ1) is 11.2. The van der Waals surface area contributed by atoms with E-state index in [1.165, 1.54) is 21.8 Å². The van der Waals surface area contributed by atoms with E-state index < -0.39 is 0 Å². The molecule has 2 aromatic heterocycles. The third-order valence-corrected chi connectivity index (χ3v) is 3.87. The summed E-state index contributed by atoms with van der Waals surface area (Å²) in [6.45, 7) is 0. The molecule has 0 atom stereocenters. The van der Waals surface area contributed by atoms with Crippen LogP contribution in [0.4, 0.5) is 0 Å². The fourth-order valence-electron chi connectivity index (χ4n) is 2.82. The molecule has 4 rings (SSSR count). The maximum Gasteiger partial charge on any atom is 0.0709 e. The van der Waals surface area contributed by atoms with E-state index >= 15 is 0 Å². The lowest BCUT2D eigenvalue weighted by Crippen LogP contribution is -1.88. The minimum Gasteiger partial charge on any atom is -0.342 e. The zero-order valence-electron chi connectivity index (χ0n) is 11.2. The molecule has 0 bridgehead atoms. The van der Waals surface area contributed by atoms with Crippen molar-refractivity contribution in [2.24, 2.45) is 7.05 Å². The Morgan fingerprint density at radius 1 is 0.800 bits per heavy atom. The molecule has 0 amide bonds. The van der Waals surface area contributed by atoms with Gasteiger partial charge in [0.25, 0.3) is 0 Å². The number of pyridine rings is 1. The van der Waals surface area contributed by atoms with Crippen LogP contribution in [0, 0.1) is 0 Å².